The van der Waals surface area contributed by atoms with Crippen LogP contribution in [0, 0.1) is 11.3 Å². The summed E-state index contributed by atoms with van der Waals surface area (Å²) in [6.07, 6.45) is 2.38. The van der Waals surface area contributed by atoms with E-state index in [0.717, 1.165) is 31.6 Å². The van der Waals surface area contributed by atoms with Gasteiger partial charge in [0.1, 0.15) is 11.8 Å². The standard InChI is InChI=1S/C26H30N4O3/c1-2-33-24-9-4-3-7-22(24)25(31)30-16-5-8-23(30)26(32)29-15-6-14-28(17-18-29)21-12-10-20(19-27)11-13-21/h3-4,7,9-13,23H,2,5-6,8,14-18H2,1H3. The van der Waals surface area contributed by atoms with Crippen molar-refractivity contribution in [2.24, 2.45) is 0 Å². The lowest BCUT2D eigenvalue weighted by atomic mass is 10.1. The first-order valence-electron chi connectivity index (χ1n) is 11.7. The van der Waals surface area contributed by atoms with Crippen molar-refractivity contribution in [2.75, 3.05) is 44.2 Å². The number of anilines is 1. The van der Waals surface area contributed by atoms with Crippen LogP contribution >= 0.6 is 0 Å². The molecule has 0 spiro atoms. The van der Waals surface area contributed by atoms with Crippen LogP contribution < -0.4 is 9.64 Å². The van der Waals surface area contributed by atoms with E-state index in [2.05, 4.69) is 11.0 Å². The number of carbonyl (C=O) groups excluding carboxylic acids is 2. The molecule has 2 aliphatic heterocycles. The Kier molecular flexibility index (Phi) is 7.13. The largest absolute Gasteiger partial charge is 0.493 e. The Labute approximate surface area is 195 Å². The number of ether oxygens (including phenoxy) is 1. The van der Waals surface area contributed by atoms with Gasteiger partial charge in [-0.15, -0.1) is 0 Å². The zero-order valence-electron chi connectivity index (χ0n) is 19.1. The van der Waals surface area contributed by atoms with Crippen molar-refractivity contribution in [2.45, 2.75) is 32.2 Å². The fourth-order valence-electron chi connectivity index (χ4n) is 4.70. The third-order valence-electron chi connectivity index (χ3n) is 6.39. The molecule has 2 fully saturated rings. The van der Waals surface area contributed by atoms with Crippen LogP contribution in [0.5, 0.6) is 5.75 Å². The minimum atomic E-state index is -0.423. The lowest BCUT2D eigenvalue weighted by Crippen LogP contribution is -2.48. The van der Waals surface area contributed by atoms with Crippen molar-refractivity contribution in [1.82, 2.24) is 9.80 Å². The molecule has 0 saturated carbocycles. The van der Waals surface area contributed by atoms with Gasteiger partial charge in [0.15, 0.2) is 0 Å². The Balaban J connectivity index is 1.44. The van der Waals surface area contributed by atoms with Crippen LogP contribution in [0.4, 0.5) is 5.69 Å². The Morgan fingerprint density at radius 2 is 1.79 bits per heavy atom. The van der Waals surface area contributed by atoms with E-state index in [0.29, 0.717) is 49.5 Å². The minimum Gasteiger partial charge on any atom is -0.493 e. The summed E-state index contributed by atoms with van der Waals surface area (Å²) in [5.74, 6) is 0.469. The van der Waals surface area contributed by atoms with Crippen molar-refractivity contribution in [1.29, 1.82) is 5.26 Å². The third-order valence-corrected chi connectivity index (χ3v) is 6.39. The molecule has 2 heterocycles. The third kappa shape index (κ3) is 4.95. The highest BCUT2D eigenvalue weighted by Gasteiger charge is 2.38. The molecule has 7 heteroatoms. The Morgan fingerprint density at radius 1 is 1.00 bits per heavy atom. The van der Waals surface area contributed by atoms with Gasteiger partial charge in [-0.1, -0.05) is 12.1 Å². The van der Waals surface area contributed by atoms with Gasteiger partial charge >= 0.3 is 0 Å². The number of hydrogen-bond acceptors (Lipinski definition) is 5. The van der Waals surface area contributed by atoms with Crippen LogP contribution in [-0.2, 0) is 4.79 Å². The van der Waals surface area contributed by atoms with E-state index in [4.69, 9.17) is 10.00 Å². The highest BCUT2D eigenvalue weighted by Crippen LogP contribution is 2.27. The second-order valence-electron chi connectivity index (χ2n) is 8.41. The molecule has 0 bridgehead atoms. The predicted molar refractivity (Wildman–Crippen MR) is 126 cm³/mol. The van der Waals surface area contributed by atoms with E-state index in [9.17, 15) is 9.59 Å². The molecule has 4 rings (SSSR count). The minimum absolute atomic E-state index is 0.0384. The smallest absolute Gasteiger partial charge is 0.258 e. The molecule has 2 aromatic carbocycles. The lowest BCUT2D eigenvalue weighted by Gasteiger charge is -2.30. The maximum Gasteiger partial charge on any atom is 0.258 e. The van der Waals surface area contributed by atoms with Gasteiger partial charge < -0.3 is 19.4 Å². The Bertz CT molecular complexity index is 1030. The first kappa shape index (κ1) is 22.7. The number of likely N-dealkylation sites (tertiary alicyclic amines) is 1. The second-order valence-corrected chi connectivity index (χ2v) is 8.41. The summed E-state index contributed by atoms with van der Waals surface area (Å²) in [6.45, 7) is 5.84. The number of hydrogen-bond donors (Lipinski definition) is 0. The fraction of sp³-hybridized carbons (Fsp3) is 0.423. The molecule has 172 valence electrons. The number of nitriles is 1. The molecule has 1 atom stereocenters. The average Bonchev–Trinajstić information content (AvgIpc) is 3.21. The molecule has 2 aliphatic rings. The van der Waals surface area contributed by atoms with Crippen molar-refractivity contribution in [3.8, 4) is 11.8 Å². The predicted octanol–water partition coefficient (Wildman–Crippen LogP) is 3.30. The van der Waals surface area contributed by atoms with Crippen molar-refractivity contribution >= 4 is 17.5 Å². The van der Waals surface area contributed by atoms with Crippen molar-refractivity contribution < 1.29 is 14.3 Å². The number of benzene rings is 2. The van der Waals surface area contributed by atoms with Gasteiger partial charge in [-0.2, -0.15) is 5.26 Å². The first-order chi connectivity index (χ1) is 16.1. The Hall–Kier alpha value is -3.53. The molecule has 1 unspecified atom stereocenters. The van der Waals surface area contributed by atoms with Gasteiger partial charge in [0.05, 0.1) is 23.8 Å². The molecule has 7 nitrogen and oxygen atoms in total. The summed E-state index contributed by atoms with van der Waals surface area (Å²) in [5, 5.41) is 9.02. The van der Waals surface area contributed by atoms with E-state index >= 15 is 0 Å². The number of carbonyl (C=O) groups is 2. The van der Waals surface area contributed by atoms with Gasteiger partial charge in [0.2, 0.25) is 5.91 Å². The normalized spacial score (nSPS) is 18.5. The lowest BCUT2D eigenvalue weighted by molar-refractivity contribution is -0.135. The average molecular weight is 447 g/mol. The topological polar surface area (TPSA) is 76.9 Å². The molecule has 0 aliphatic carbocycles. The highest BCUT2D eigenvalue weighted by atomic mass is 16.5. The summed E-state index contributed by atoms with van der Waals surface area (Å²) >= 11 is 0. The summed E-state index contributed by atoms with van der Waals surface area (Å²) < 4.78 is 5.65. The van der Waals surface area contributed by atoms with Gasteiger partial charge in [-0.05, 0) is 62.6 Å². The summed E-state index contributed by atoms with van der Waals surface area (Å²) in [4.78, 5) is 32.7. The number of rotatable bonds is 5. The molecule has 2 saturated heterocycles. The molecule has 33 heavy (non-hydrogen) atoms. The highest BCUT2D eigenvalue weighted by molar-refractivity contribution is 6.00. The second kappa shape index (κ2) is 10.4. The van der Waals surface area contributed by atoms with Crippen LogP contribution in [0.25, 0.3) is 0 Å². The van der Waals surface area contributed by atoms with Crippen molar-refractivity contribution in [3.05, 3.63) is 59.7 Å². The maximum absolute atomic E-state index is 13.5. The van der Waals surface area contributed by atoms with Crippen LogP contribution in [0.2, 0.25) is 0 Å². The molecular formula is C26H30N4O3. The van der Waals surface area contributed by atoms with Crippen LogP contribution in [0.15, 0.2) is 48.5 Å². The first-order valence-corrected chi connectivity index (χ1v) is 11.7. The summed E-state index contributed by atoms with van der Waals surface area (Å²) in [6, 6.07) is 16.6. The molecule has 0 radical (unpaired) electrons. The molecule has 0 N–H and O–H groups in total. The summed E-state index contributed by atoms with van der Waals surface area (Å²) in [7, 11) is 0. The van der Waals surface area contributed by atoms with Crippen LogP contribution in [-0.4, -0.2) is 67.0 Å². The zero-order valence-corrected chi connectivity index (χ0v) is 19.1. The van der Waals surface area contributed by atoms with Gasteiger partial charge in [0, 0.05) is 38.4 Å². The van der Waals surface area contributed by atoms with Gasteiger partial charge in [0.25, 0.3) is 5.91 Å². The maximum atomic E-state index is 13.5. The Morgan fingerprint density at radius 3 is 2.55 bits per heavy atom. The van der Waals surface area contributed by atoms with E-state index in [1.54, 1.807) is 17.0 Å². The van der Waals surface area contributed by atoms with Crippen molar-refractivity contribution in [3.63, 3.8) is 0 Å². The van der Waals surface area contributed by atoms with Gasteiger partial charge in [-0.25, -0.2) is 0 Å². The van der Waals surface area contributed by atoms with E-state index < -0.39 is 6.04 Å². The monoisotopic (exact) mass is 446 g/mol. The molecule has 2 amide bonds. The molecule has 0 aromatic heterocycles. The van der Waals surface area contributed by atoms with Crippen LogP contribution in [0.1, 0.15) is 42.1 Å². The fourth-order valence-corrected chi connectivity index (χ4v) is 4.70. The van der Waals surface area contributed by atoms with E-state index in [-0.39, 0.29) is 11.8 Å². The number of amides is 2. The van der Waals surface area contributed by atoms with Crippen LogP contribution in [0.3, 0.4) is 0 Å². The molecule has 2 aromatic rings. The quantitative estimate of drug-likeness (QED) is 0.704. The SMILES string of the molecule is CCOc1ccccc1C(=O)N1CCCC1C(=O)N1CCCN(c2ccc(C#N)cc2)CC1. The number of para-hydroxylation sites is 1. The van der Waals surface area contributed by atoms with Gasteiger partial charge in [-0.3, -0.25) is 9.59 Å². The summed E-state index contributed by atoms with van der Waals surface area (Å²) in [5.41, 5.74) is 2.22. The van der Waals surface area contributed by atoms with E-state index in [1.165, 1.54) is 0 Å². The van der Waals surface area contributed by atoms with E-state index in [1.807, 2.05) is 48.2 Å². The number of nitrogens with zero attached hydrogens (tertiary/aromatic N) is 4. The molecular weight excluding hydrogens is 416 g/mol. The zero-order chi connectivity index (χ0) is 23.2.